The van der Waals surface area contributed by atoms with Crippen LogP contribution in [0.4, 0.5) is 5.69 Å². The second-order valence-electron chi connectivity index (χ2n) is 10.1. The molecule has 1 aliphatic rings. The van der Waals surface area contributed by atoms with Crippen LogP contribution in [0.2, 0.25) is 0 Å². The number of ketones is 2. The molecule has 0 aromatic heterocycles. The standard InChI is InChI=1S/C28H36N4O4/c1-7-36-25-11-20-15-32(27(29)23(20)10-19(25)12-26(35)30-6)16-24(34)18-8-21(28(3,4)5)13-22(9-18)31-14-17(2)33/h8-11,13,29,31H,7,12,14-16H2,1-6H3,(H,30,35). The summed E-state index contributed by atoms with van der Waals surface area (Å²) < 4.78 is 5.76. The van der Waals surface area contributed by atoms with Gasteiger partial charge in [0.15, 0.2) is 5.78 Å². The summed E-state index contributed by atoms with van der Waals surface area (Å²) in [6.45, 7) is 10.7. The minimum atomic E-state index is -0.184. The maximum atomic E-state index is 13.4. The number of rotatable bonds is 10. The first-order chi connectivity index (χ1) is 16.9. The molecule has 0 fully saturated rings. The number of carbonyl (C=O) groups excluding carboxylic acids is 3. The molecule has 8 nitrogen and oxygen atoms in total. The molecular formula is C28H36N4O4. The zero-order valence-corrected chi connectivity index (χ0v) is 22.0. The van der Waals surface area contributed by atoms with Crippen molar-refractivity contribution in [1.82, 2.24) is 10.2 Å². The number of likely N-dealkylation sites (N-methyl/N-ethyl adjacent to an activating group) is 1. The summed E-state index contributed by atoms with van der Waals surface area (Å²) >= 11 is 0. The van der Waals surface area contributed by atoms with Crippen LogP contribution in [0.1, 0.15) is 67.2 Å². The Bertz CT molecular complexity index is 1200. The number of amides is 1. The van der Waals surface area contributed by atoms with E-state index in [-0.39, 0.29) is 48.2 Å². The Hall–Kier alpha value is -3.68. The lowest BCUT2D eigenvalue weighted by atomic mass is 9.85. The molecule has 0 saturated heterocycles. The molecule has 0 saturated carbocycles. The van der Waals surface area contributed by atoms with Gasteiger partial charge in [0.2, 0.25) is 5.91 Å². The van der Waals surface area contributed by atoms with Crippen LogP contribution in [0.15, 0.2) is 30.3 Å². The van der Waals surface area contributed by atoms with E-state index in [1.807, 2.05) is 31.2 Å². The predicted octanol–water partition coefficient (Wildman–Crippen LogP) is 3.70. The van der Waals surface area contributed by atoms with Gasteiger partial charge in [-0.2, -0.15) is 0 Å². The van der Waals surface area contributed by atoms with Crippen LogP contribution in [0.25, 0.3) is 0 Å². The summed E-state index contributed by atoms with van der Waals surface area (Å²) in [7, 11) is 1.58. The Morgan fingerprint density at radius 2 is 1.83 bits per heavy atom. The number of fused-ring (bicyclic) bond motifs is 1. The van der Waals surface area contributed by atoms with Gasteiger partial charge in [0.05, 0.1) is 26.1 Å². The molecule has 2 aromatic rings. The lowest BCUT2D eigenvalue weighted by Crippen LogP contribution is -2.30. The number of ether oxygens (including phenoxy) is 1. The highest BCUT2D eigenvalue weighted by Gasteiger charge is 2.29. The van der Waals surface area contributed by atoms with Crippen LogP contribution >= 0.6 is 0 Å². The molecule has 2 aromatic carbocycles. The van der Waals surface area contributed by atoms with E-state index in [1.54, 1.807) is 18.0 Å². The van der Waals surface area contributed by atoms with E-state index in [0.29, 0.717) is 35.6 Å². The Kier molecular flexibility index (Phi) is 8.17. The monoisotopic (exact) mass is 492 g/mol. The molecule has 192 valence electrons. The van der Waals surface area contributed by atoms with Gasteiger partial charge < -0.3 is 20.3 Å². The number of Topliss-reactive ketones (excluding diaryl/α,β-unsaturated/α-hetero) is 2. The van der Waals surface area contributed by atoms with E-state index < -0.39 is 0 Å². The number of nitrogens with zero attached hydrogens (tertiary/aromatic N) is 1. The molecule has 0 aliphatic carbocycles. The highest BCUT2D eigenvalue weighted by atomic mass is 16.5. The van der Waals surface area contributed by atoms with Crippen LogP contribution in [0.5, 0.6) is 5.75 Å². The van der Waals surface area contributed by atoms with Gasteiger partial charge in [-0.05, 0) is 60.7 Å². The van der Waals surface area contributed by atoms with Crippen molar-refractivity contribution in [2.45, 2.75) is 53.0 Å². The van der Waals surface area contributed by atoms with Crippen molar-refractivity contribution in [3.63, 3.8) is 0 Å². The number of hydrogen-bond donors (Lipinski definition) is 3. The van der Waals surface area contributed by atoms with Crippen molar-refractivity contribution in [3.05, 3.63) is 58.1 Å². The Balaban J connectivity index is 1.86. The second-order valence-corrected chi connectivity index (χ2v) is 10.1. The van der Waals surface area contributed by atoms with Gasteiger partial charge in [-0.3, -0.25) is 19.8 Å². The smallest absolute Gasteiger partial charge is 0.224 e. The first kappa shape index (κ1) is 26.9. The van der Waals surface area contributed by atoms with Gasteiger partial charge in [-0.25, -0.2) is 0 Å². The van der Waals surface area contributed by atoms with Gasteiger partial charge >= 0.3 is 0 Å². The van der Waals surface area contributed by atoms with Crippen LogP contribution in [0, 0.1) is 5.41 Å². The van der Waals surface area contributed by atoms with Crippen molar-refractivity contribution in [1.29, 1.82) is 5.41 Å². The molecule has 8 heteroatoms. The minimum Gasteiger partial charge on any atom is -0.494 e. The molecule has 0 spiro atoms. The van der Waals surface area contributed by atoms with Gasteiger partial charge in [-0.1, -0.05) is 20.8 Å². The van der Waals surface area contributed by atoms with Crippen molar-refractivity contribution in [2.75, 3.05) is 32.1 Å². The van der Waals surface area contributed by atoms with E-state index in [4.69, 9.17) is 10.1 Å². The Labute approximate surface area is 212 Å². The van der Waals surface area contributed by atoms with Crippen molar-refractivity contribution in [2.24, 2.45) is 0 Å². The van der Waals surface area contributed by atoms with E-state index in [0.717, 1.165) is 16.8 Å². The van der Waals surface area contributed by atoms with Crippen LogP contribution in [0.3, 0.4) is 0 Å². The first-order valence-electron chi connectivity index (χ1n) is 12.2. The van der Waals surface area contributed by atoms with Crippen molar-refractivity contribution < 1.29 is 19.1 Å². The van der Waals surface area contributed by atoms with Gasteiger partial charge in [0, 0.05) is 36.0 Å². The fraction of sp³-hybridized carbons (Fsp3) is 0.429. The van der Waals surface area contributed by atoms with Gasteiger partial charge in [0.1, 0.15) is 17.4 Å². The predicted molar refractivity (Wildman–Crippen MR) is 141 cm³/mol. The number of benzene rings is 2. The lowest BCUT2D eigenvalue weighted by Gasteiger charge is -2.22. The number of carbonyl (C=O) groups is 3. The third-order valence-corrected chi connectivity index (χ3v) is 6.15. The summed E-state index contributed by atoms with van der Waals surface area (Å²) in [4.78, 5) is 38.6. The average Bonchev–Trinajstić information content (AvgIpc) is 3.11. The Morgan fingerprint density at radius 3 is 2.44 bits per heavy atom. The summed E-state index contributed by atoms with van der Waals surface area (Å²) in [5, 5.41) is 14.5. The highest BCUT2D eigenvalue weighted by molar-refractivity contribution is 6.06. The van der Waals surface area contributed by atoms with Crippen LogP contribution in [-0.2, 0) is 28.0 Å². The summed E-state index contributed by atoms with van der Waals surface area (Å²) in [5.74, 6) is 0.636. The van der Waals surface area contributed by atoms with Crippen LogP contribution < -0.4 is 15.4 Å². The molecule has 1 heterocycles. The molecule has 0 atom stereocenters. The second kappa shape index (κ2) is 10.9. The van der Waals surface area contributed by atoms with Crippen molar-refractivity contribution >= 4 is 29.0 Å². The first-order valence-corrected chi connectivity index (χ1v) is 12.2. The topological polar surface area (TPSA) is 112 Å². The third-order valence-electron chi connectivity index (χ3n) is 6.15. The van der Waals surface area contributed by atoms with Gasteiger partial charge in [-0.15, -0.1) is 0 Å². The maximum absolute atomic E-state index is 13.4. The zero-order valence-electron chi connectivity index (χ0n) is 22.0. The largest absolute Gasteiger partial charge is 0.494 e. The summed E-state index contributed by atoms with van der Waals surface area (Å²) in [5.41, 5.74) is 4.37. The molecule has 0 bridgehead atoms. The minimum absolute atomic E-state index is 0.00882. The summed E-state index contributed by atoms with van der Waals surface area (Å²) in [6.07, 6.45) is 0.154. The van der Waals surface area contributed by atoms with E-state index in [9.17, 15) is 14.4 Å². The Morgan fingerprint density at radius 1 is 1.11 bits per heavy atom. The fourth-order valence-electron chi connectivity index (χ4n) is 4.11. The molecule has 1 amide bonds. The molecular weight excluding hydrogens is 456 g/mol. The van der Waals surface area contributed by atoms with E-state index in [2.05, 4.69) is 31.4 Å². The number of amidine groups is 1. The molecule has 0 unspecified atom stereocenters. The highest BCUT2D eigenvalue weighted by Crippen LogP contribution is 2.32. The van der Waals surface area contributed by atoms with E-state index >= 15 is 0 Å². The fourth-order valence-corrected chi connectivity index (χ4v) is 4.11. The molecule has 36 heavy (non-hydrogen) atoms. The molecule has 3 N–H and O–H groups in total. The molecule has 1 aliphatic heterocycles. The third kappa shape index (κ3) is 6.30. The SMILES string of the molecule is CCOc1cc2c(cc1CC(=O)NC)C(=N)N(CC(=O)c1cc(NCC(C)=O)cc(C(C)(C)C)c1)C2. The summed E-state index contributed by atoms with van der Waals surface area (Å²) in [6, 6.07) is 9.33. The number of hydrogen-bond acceptors (Lipinski definition) is 6. The zero-order chi connectivity index (χ0) is 26.6. The molecule has 3 rings (SSSR count). The average molecular weight is 493 g/mol. The quantitative estimate of drug-likeness (QED) is 0.436. The maximum Gasteiger partial charge on any atom is 0.224 e. The number of nitrogens with one attached hydrogen (secondary N) is 3. The van der Waals surface area contributed by atoms with Crippen molar-refractivity contribution in [3.8, 4) is 5.75 Å². The van der Waals surface area contributed by atoms with E-state index in [1.165, 1.54) is 6.92 Å². The molecule has 0 radical (unpaired) electrons. The van der Waals surface area contributed by atoms with Crippen LogP contribution in [-0.4, -0.2) is 55.0 Å². The van der Waals surface area contributed by atoms with Gasteiger partial charge in [0.25, 0.3) is 0 Å². The normalized spacial score (nSPS) is 12.8. The lowest BCUT2D eigenvalue weighted by molar-refractivity contribution is -0.120. The number of anilines is 1.